The molecule has 0 aliphatic carbocycles. The van der Waals surface area contributed by atoms with Crippen molar-refractivity contribution in [1.82, 2.24) is 9.21 Å². The van der Waals surface area contributed by atoms with E-state index in [2.05, 4.69) is 52.9 Å². The Morgan fingerprint density at radius 1 is 1.06 bits per heavy atom. The van der Waals surface area contributed by atoms with Crippen molar-refractivity contribution in [1.29, 1.82) is 0 Å². The molecule has 0 unspecified atom stereocenters. The highest BCUT2D eigenvalue weighted by Crippen LogP contribution is 2.31. The summed E-state index contributed by atoms with van der Waals surface area (Å²) in [5.41, 5.74) is 3.80. The minimum Gasteiger partial charge on any atom is -0.368 e. The van der Waals surface area contributed by atoms with Gasteiger partial charge in [-0.25, -0.2) is 8.42 Å². The van der Waals surface area contributed by atoms with Gasteiger partial charge in [-0.1, -0.05) is 12.1 Å². The van der Waals surface area contributed by atoms with Crippen molar-refractivity contribution >= 4 is 48.9 Å². The van der Waals surface area contributed by atoms with E-state index < -0.39 is 10.0 Å². The minimum atomic E-state index is -3.55. The summed E-state index contributed by atoms with van der Waals surface area (Å²) in [5, 5.41) is 0. The Morgan fingerprint density at radius 3 is 2.48 bits per heavy atom. The number of hydrogen-bond acceptors (Lipinski definition) is 5. The number of aryl methyl sites for hydroxylation is 1. The number of halogens is 1. The molecule has 1 atom stereocenters. The lowest BCUT2D eigenvalue weighted by molar-refractivity contribution is -0.137. The fourth-order valence-electron chi connectivity index (χ4n) is 4.43. The molecule has 1 amide bonds. The Hall–Kier alpha value is -1.42. The maximum Gasteiger partial charge on any atom is 0.252 e. The lowest BCUT2D eigenvalue weighted by Crippen LogP contribution is -2.53. The van der Waals surface area contributed by atoms with Crippen LogP contribution in [0.25, 0.3) is 0 Å². The number of piperidine rings is 1. The summed E-state index contributed by atoms with van der Waals surface area (Å²) in [5.74, 6) is -0.174. The molecule has 2 aliphatic rings. The van der Waals surface area contributed by atoms with Crippen LogP contribution < -0.4 is 4.90 Å². The van der Waals surface area contributed by atoms with Crippen LogP contribution >= 0.6 is 27.3 Å². The quantitative estimate of drug-likeness (QED) is 0.607. The molecule has 3 heterocycles. The van der Waals surface area contributed by atoms with Crippen molar-refractivity contribution in [3.8, 4) is 0 Å². The number of benzene rings is 1. The number of carbonyl (C=O) groups is 1. The van der Waals surface area contributed by atoms with Gasteiger partial charge < -0.3 is 9.80 Å². The highest BCUT2D eigenvalue weighted by molar-refractivity contribution is 9.11. The lowest BCUT2D eigenvalue weighted by atomic mass is 9.97. The van der Waals surface area contributed by atoms with E-state index >= 15 is 0 Å². The predicted molar refractivity (Wildman–Crippen MR) is 128 cm³/mol. The van der Waals surface area contributed by atoms with Gasteiger partial charge in [-0.3, -0.25) is 4.79 Å². The van der Waals surface area contributed by atoms with Crippen LogP contribution in [0.4, 0.5) is 5.69 Å². The van der Waals surface area contributed by atoms with Gasteiger partial charge in [-0.15, -0.1) is 11.3 Å². The largest absolute Gasteiger partial charge is 0.368 e. The second kappa shape index (κ2) is 9.21. The number of carbonyl (C=O) groups excluding carboxylic acids is 1. The van der Waals surface area contributed by atoms with E-state index in [0.717, 1.165) is 23.3 Å². The third-order valence-corrected chi connectivity index (χ3v) is 10.3. The third kappa shape index (κ3) is 4.69. The number of nitrogens with zero attached hydrogens (tertiary/aromatic N) is 3. The smallest absolute Gasteiger partial charge is 0.252 e. The van der Waals surface area contributed by atoms with Gasteiger partial charge in [-0.05, 0) is 71.9 Å². The number of thiophene rings is 1. The van der Waals surface area contributed by atoms with Gasteiger partial charge in [0.2, 0.25) is 5.91 Å². The molecule has 0 saturated carbocycles. The number of rotatable bonds is 4. The number of piperazine rings is 1. The maximum atomic E-state index is 13.2. The van der Waals surface area contributed by atoms with Crippen molar-refractivity contribution in [2.45, 2.75) is 30.9 Å². The molecule has 1 aromatic carbocycles. The normalized spacial score (nSPS) is 20.8. The third-order valence-electron chi connectivity index (χ3n) is 6.38. The van der Waals surface area contributed by atoms with Crippen LogP contribution in [0.15, 0.2) is 38.3 Å². The molecule has 2 aromatic rings. The fraction of sp³-hybridized carbons (Fsp3) is 0.500. The zero-order chi connectivity index (χ0) is 22.2. The summed E-state index contributed by atoms with van der Waals surface area (Å²) < 4.78 is 28.6. The van der Waals surface area contributed by atoms with Crippen LogP contribution in [-0.4, -0.2) is 62.8 Å². The Balaban J connectivity index is 1.39. The van der Waals surface area contributed by atoms with Crippen LogP contribution in [0.1, 0.15) is 24.0 Å². The van der Waals surface area contributed by atoms with E-state index in [0.29, 0.717) is 30.3 Å². The monoisotopic (exact) mass is 525 g/mol. The standard InChI is InChI=1S/C22H28BrN3O3S2/c1-16-5-3-7-19(17(16)2)24-11-13-25(14-12-24)22(27)18-6-4-10-26(15-18)31(28,29)21-9-8-20(23)30-21/h3,5,7-9,18H,4,6,10-15H2,1-2H3/t18-/m1/s1. The van der Waals surface area contributed by atoms with Crippen molar-refractivity contribution < 1.29 is 13.2 Å². The van der Waals surface area contributed by atoms with Gasteiger partial charge in [-0.2, -0.15) is 4.31 Å². The second-order valence-corrected chi connectivity index (χ2v) is 12.9. The van der Waals surface area contributed by atoms with Gasteiger partial charge in [0, 0.05) is 45.0 Å². The fourth-order valence-corrected chi connectivity index (χ4v) is 8.12. The topological polar surface area (TPSA) is 60.9 Å². The first-order valence-corrected chi connectivity index (χ1v) is 13.7. The second-order valence-electron chi connectivity index (χ2n) is 8.29. The van der Waals surface area contributed by atoms with E-state index in [4.69, 9.17) is 0 Å². The number of sulfonamides is 1. The summed E-state index contributed by atoms with van der Waals surface area (Å²) in [6, 6.07) is 9.73. The van der Waals surface area contributed by atoms with Crippen LogP contribution in [-0.2, 0) is 14.8 Å². The molecule has 0 spiro atoms. The summed E-state index contributed by atoms with van der Waals surface area (Å²) in [7, 11) is -3.55. The SMILES string of the molecule is Cc1cccc(N2CCN(C(=O)[C@@H]3CCCN(S(=O)(=O)c4ccc(Br)s4)C3)CC2)c1C. The number of amides is 1. The van der Waals surface area contributed by atoms with Crippen molar-refractivity contribution in [2.24, 2.45) is 5.92 Å². The molecule has 9 heteroatoms. The van der Waals surface area contributed by atoms with Gasteiger partial charge in [0.15, 0.2) is 0 Å². The molecular weight excluding hydrogens is 498 g/mol. The zero-order valence-electron chi connectivity index (χ0n) is 17.9. The van der Waals surface area contributed by atoms with Crippen molar-refractivity contribution in [3.05, 3.63) is 45.2 Å². The van der Waals surface area contributed by atoms with Gasteiger partial charge in [0.1, 0.15) is 4.21 Å². The molecular formula is C22H28BrN3O3S2. The van der Waals surface area contributed by atoms with E-state index in [1.54, 1.807) is 12.1 Å². The Morgan fingerprint density at radius 2 is 1.81 bits per heavy atom. The van der Waals surface area contributed by atoms with E-state index in [-0.39, 0.29) is 18.4 Å². The highest BCUT2D eigenvalue weighted by atomic mass is 79.9. The number of hydrogen-bond donors (Lipinski definition) is 0. The van der Waals surface area contributed by atoms with Crippen LogP contribution in [0.5, 0.6) is 0 Å². The summed E-state index contributed by atoms with van der Waals surface area (Å²) in [4.78, 5) is 17.5. The van der Waals surface area contributed by atoms with Gasteiger partial charge in [0.25, 0.3) is 10.0 Å². The van der Waals surface area contributed by atoms with Crippen molar-refractivity contribution in [3.63, 3.8) is 0 Å². The van der Waals surface area contributed by atoms with Crippen molar-refractivity contribution in [2.75, 3.05) is 44.2 Å². The molecule has 0 bridgehead atoms. The average Bonchev–Trinajstić information content (AvgIpc) is 3.23. The number of anilines is 1. The molecule has 1 aromatic heterocycles. The summed E-state index contributed by atoms with van der Waals surface area (Å²) in [6.45, 7) is 7.96. The first-order valence-electron chi connectivity index (χ1n) is 10.6. The highest BCUT2D eigenvalue weighted by Gasteiger charge is 2.36. The first kappa shape index (κ1) is 22.8. The van der Waals surface area contributed by atoms with Crippen LogP contribution in [0.3, 0.4) is 0 Å². The molecule has 4 rings (SSSR count). The van der Waals surface area contributed by atoms with Crippen LogP contribution in [0, 0.1) is 19.8 Å². The Kier molecular flexibility index (Phi) is 6.76. The van der Waals surface area contributed by atoms with Gasteiger partial charge in [0.05, 0.1) is 9.70 Å². The molecule has 2 aliphatic heterocycles. The molecule has 168 valence electrons. The molecule has 0 radical (unpaired) electrons. The van der Waals surface area contributed by atoms with Crippen LogP contribution in [0.2, 0.25) is 0 Å². The molecule has 2 saturated heterocycles. The van der Waals surface area contributed by atoms with E-state index in [9.17, 15) is 13.2 Å². The van der Waals surface area contributed by atoms with E-state index in [1.165, 1.54) is 32.5 Å². The average molecular weight is 527 g/mol. The summed E-state index contributed by atoms with van der Waals surface area (Å²) >= 11 is 4.55. The minimum absolute atomic E-state index is 0.0906. The molecule has 6 nitrogen and oxygen atoms in total. The lowest BCUT2D eigenvalue weighted by Gasteiger charge is -2.40. The predicted octanol–water partition coefficient (Wildman–Crippen LogP) is 3.88. The molecule has 2 fully saturated rings. The first-order chi connectivity index (χ1) is 14.8. The molecule has 31 heavy (non-hydrogen) atoms. The van der Waals surface area contributed by atoms with Gasteiger partial charge >= 0.3 is 0 Å². The molecule has 0 N–H and O–H groups in total. The maximum absolute atomic E-state index is 13.2. The van der Waals surface area contributed by atoms with E-state index in [1.807, 2.05) is 4.90 Å². The summed E-state index contributed by atoms with van der Waals surface area (Å²) in [6.07, 6.45) is 1.46. The Bertz CT molecular complexity index is 1060. The zero-order valence-corrected chi connectivity index (χ0v) is 21.1. The Labute approximate surface area is 197 Å².